The maximum atomic E-state index is 12.4. The SMILES string of the molecule is C/N=C(\N=C(/C)C(N)Cc1c[nH]cn1)c1ccc(PC(F)(F)F)cc1. The van der Waals surface area contributed by atoms with Crippen molar-refractivity contribution in [1.82, 2.24) is 9.97 Å². The Kier molecular flexibility index (Phi) is 6.45. The summed E-state index contributed by atoms with van der Waals surface area (Å²) in [5.41, 5.74) is 8.26. The molecule has 2 atom stereocenters. The highest BCUT2D eigenvalue weighted by Gasteiger charge is 2.27. The smallest absolute Gasteiger partial charge is 0.351 e. The first-order chi connectivity index (χ1) is 11.8. The van der Waals surface area contributed by atoms with Gasteiger partial charge in [0, 0.05) is 45.6 Å². The second-order valence-corrected chi connectivity index (χ2v) is 6.77. The van der Waals surface area contributed by atoms with E-state index in [-0.39, 0.29) is 11.3 Å². The highest BCUT2D eigenvalue weighted by atomic mass is 31.1. The minimum absolute atomic E-state index is 0.225. The Morgan fingerprint density at radius 1 is 1.32 bits per heavy atom. The number of nitrogens with two attached hydrogens (primary N) is 1. The summed E-state index contributed by atoms with van der Waals surface area (Å²) >= 11 is 0. The van der Waals surface area contributed by atoms with Gasteiger partial charge < -0.3 is 10.7 Å². The highest BCUT2D eigenvalue weighted by Crippen LogP contribution is 2.35. The Balaban J connectivity index is 2.10. The minimum Gasteiger partial charge on any atom is -0.351 e. The number of hydrogen-bond donors (Lipinski definition) is 2. The van der Waals surface area contributed by atoms with Crippen LogP contribution in [-0.2, 0) is 6.42 Å². The number of alkyl halides is 3. The fourth-order valence-electron chi connectivity index (χ4n) is 2.14. The summed E-state index contributed by atoms with van der Waals surface area (Å²) in [6.45, 7) is 1.79. The van der Waals surface area contributed by atoms with Crippen LogP contribution in [-0.4, -0.2) is 40.5 Å². The van der Waals surface area contributed by atoms with Gasteiger partial charge in [-0.25, -0.2) is 9.98 Å². The molecule has 0 aliphatic carbocycles. The zero-order valence-corrected chi connectivity index (χ0v) is 14.8. The van der Waals surface area contributed by atoms with Gasteiger partial charge in [-0.3, -0.25) is 4.99 Å². The standard InChI is InChI=1S/C16H19F3N5P/c1-10(14(20)7-12-8-22-9-23-12)24-15(21-2)11-3-5-13(6-4-11)25-16(17,18)19/h3-6,8-9,14,25H,7,20H2,1-2H3,(H,22,23)/b21-15-,24-10+. The Hall–Kier alpha value is -2.05. The number of nitrogens with zero attached hydrogens (tertiary/aromatic N) is 3. The van der Waals surface area contributed by atoms with Crippen LogP contribution in [0.25, 0.3) is 0 Å². The van der Waals surface area contributed by atoms with Crippen molar-refractivity contribution in [3.8, 4) is 0 Å². The predicted octanol–water partition coefficient (Wildman–Crippen LogP) is 2.64. The molecule has 1 heterocycles. The van der Waals surface area contributed by atoms with E-state index in [0.29, 0.717) is 23.5 Å². The van der Waals surface area contributed by atoms with Gasteiger partial charge in [-0.15, -0.1) is 0 Å². The van der Waals surface area contributed by atoms with E-state index in [1.165, 1.54) is 12.1 Å². The molecule has 0 amide bonds. The number of nitrogens with one attached hydrogen (secondary N) is 1. The number of aromatic nitrogens is 2. The van der Waals surface area contributed by atoms with Crippen LogP contribution in [0.3, 0.4) is 0 Å². The van der Waals surface area contributed by atoms with E-state index >= 15 is 0 Å². The second kappa shape index (κ2) is 8.36. The quantitative estimate of drug-likeness (QED) is 0.483. The lowest BCUT2D eigenvalue weighted by Gasteiger charge is -2.11. The normalized spacial score (nSPS) is 15.1. The van der Waals surface area contributed by atoms with E-state index < -0.39 is 14.5 Å². The summed E-state index contributed by atoms with van der Waals surface area (Å²) in [4.78, 5) is 15.5. The maximum Gasteiger partial charge on any atom is 0.406 e. The summed E-state index contributed by atoms with van der Waals surface area (Å²) in [6.07, 6.45) is 3.88. The zero-order chi connectivity index (χ0) is 18.4. The molecule has 25 heavy (non-hydrogen) atoms. The van der Waals surface area contributed by atoms with Crippen molar-refractivity contribution in [2.75, 3.05) is 7.05 Å². The number of amidine groups is 1. The molecule has 2 aromatic rings. The number of aliphatic imine (C=N–C) groups is 2. The number of rotatable bonds is 5. The monoisotopic (exact) mass is 369 g/mol. The number of imidazole rings is 1. The van der Waals surface area contributed by atoms with Crippen molar-refractivity contribution >= 4 is 25.4 Å². The third kappa shape index (κ3) is 6.07. The number of hydrogen-bond acceptors (Lipinski definition) is 3. The average Bonchev–Trinajstić information content (AvgIpc) is 3.04. The van der Waals surface area contributed by atoms with Crippen molar-refractivity contribution in [1.29, 1.82) is 0 Å². The lowest BCUT2D eigenvalue weighted by molar-refractivity contribution is -0.0359. The molecule has 3 N–H and O–H groups in total. The molecular formula is C16H19F3N5P. The number of aromatic amines is 1. The molecule has 1 aromatic carbocycles. The van der Waals surface area contributed by atoms with E-state index in [1.807, 2.05) is 0 Å². The van der Waals surface area contributed by atoms with Crippen molar-refractivity contribution in [3.63, 3.8) is 0 Å². The fraction of sp³-hybridized carbons (Fsp3) is 0.312. The van der Waals surface area contributed by atoms with Crippen LogP contribution in [0.4, 0.5) is 13.2 Å². The van der Waals surface area contributed by atoms with E-state index in [9.17, 15) is 13.2 Å². The van der Waals surface area contributed by atoms with Gasteiger partial charge in [0.05, 0.1) is 12.0 Å². The first-order valence-corrected chi connectivity index (χ1v) is 8.49. The third-order valence-electron chi connectivity index (χ3n) is 3.44. The van der Waals surface area contributed by atoms with Gasteiger partial charge in [0.1, 0.15) is 0 Å². The van der Waals surface area contributed by atoms with Crippen LogP contribution >= 0.6 is 8.58 Å². The average molecular weight is 369 g/mol. The van der Waals surface area contributed by atoms with Gasteiger partial charge in [0.25, 0.3) is 0 Å². The van der Waals surface area contributed by atoms with Crippen LogP contribution < -0.4 is 11.0 Å². The summed E-state index contributed by atoms with van der Waals surface area (Å²) in [5.74, 6) is -3.77. The third-order valence-corrected chi connectivity index (χ3v) is 4.35. The molecule has 1 aromatic heterocycles. The molecule has 0 bridgehead atoms. The van der Waals surface area contributed by atoms with E-state index in [1.54, 1.807) is 38.6 Å². The van der Waals surface area contributed by atoms with Crippen LogP contribution in [0.5, 0.6) is 0 Å². The Bertz CT molecular complexity index is 736. The van der Waals surface area contributed by atoms with Gasteiger partial charge in [-0.2, -0.15) is 13.2 Å². The molecule has 2 rings (SSSR count). The summed E-state index contributed by atoms with van der Waals surface area (Å²) in [7, 11) is 0.358. The first kappa shape index (κ1) is 19.3. The van der Waals surface area contributed by atoms with Crippen LogP contribution in [0, 0.1) is 0 Å². The van der Waals surface area contributed by atoms with Gasteiger partial charge in [0.2, 0.25) is 0 Å². The summed E-state index contributed by atoms with van der Waals surface area (Å²) < 4.78 is 37.3. The molecule has 134 valence electrons. The molecule has 0 fully saturated rings. The Morgan fingerprint density at radius 3 is 2.52 bits per heavy atom. The van der Waals surface area contributed by atoms with Crippen molar-refractivity contribution in [3.05, 3.63) is 48.0 Å². The maximum absolute atomic E-state index is 12.4. The largest absolute Gasteiger partial charge is 0.406 e. The first-order valence-electron chi connectivity index (χ1n) is 7.49. The van der Waals surface area contributed by atoms with Gasteiger partial charge in [0.15, 0.2) is 5.84 Å². The highest BCUT2D eigenvalue weighted by molar-refractivity contribution is 7.48. The molecule has 0 aliphatic heterocycles. The van der Waals surface area contributed by atoms with Crippen LogP contribution in [0.15, 0.2) is 46.8 Å². The molecule has 2 unspecified atom stereocenters. The predicted molar refractivity (Wildman–Crippen MR) is 96.3 cm³/mol. The summed E-state index contributed by atoms with van der Waals surface area (Å²) in [6, 6.07) is 5.74. The van der Waals surface area contributed by atoms with Crippen LogP contribution in [0.1, 0.15) is 18.2 Å². The van der Waals surface area contributed by atoms with E-state index in [2.05, 4.69) is 20.0 Å². The number of benzene rings is 1. The summed E-state index contributed by atoms with van der Waals surface area (Å²) in [5, 5.41) is 0.225. The lowest BCUT2D eigenvalue weighted by Crippen LogP contribution is -2.31. The van der Waals surface area contributed by atoms with Gasteiger partial charge in [-0.1, -0.05) is 24.3 Å². The van der Waals surface area contributed by atoms with E-state index in [4.69, 9.17) is 5.73 Å². The molecule has 0 saturated heterocycles. The minimum atomic E-state index is -4.20. The van der Waals surface area contributed by atoms with Gasteiger partial charge >= 0.3 is 5.92 Å². The molecule has 0 saturated carbocycles. The molecule has 9 heteroatoms. The van der Waals surface area contributed by atoms with Gasteiger partial charge in [-0.05, 0) is 12.2 Å². The number of halogens is 3. The lowest BCUT2D eigenvalue weighted by atomic mass is 10.1. The molecule has 0 spiro atoms. The molecule has 5 nitrogen and oxygen atoms in total. The van der Waals surface area contributed by atoms with Crippen molar-refractivity contribution < 1.29 is 13.2 Å². The zero-order valence-electron chi connectivity index (χ0n) is 13.8. The van der Waals surface area contributed by atoms with Crippen LogP contribution in [0.2, 0.25) is 0 Å². The molecular weight excluding hydrogens is 350 g/mol. The topological polar surface area (TPSA) is 79.4 Å². The fourth-order valence-corrected chi connectivity index (χ4v) is 2.80. The van der Waals surface area contributed by atoms with E-state index in [0.717, 1.165) is 5.69 Å². The van der Waals surface area contributed by atoms with Crippen molar-refractivity contribution in [2.24, 2.45) is 15.7 Å². The molecule has 0 radical (unpaired) electrons. The molecule has 0 aliphatic rings. The second-order valence-electron chi connectivity index (χ2n) is 5.37. The Morgan fingerprint density at radius 2 is 2.00 bits per heavy atom. The van der Waals surface area contributed by atoms with Crippen molar-refractivity contribution in [2.45, 2.75) is 25.3 Å². The number of H-pyrrole nitrogens is 1. The Labute approximate surface area is 145 Å².